The molecule has 1 aromatic heterocycles. The fraction of sp³-hybridized carbons (Fsp3) is 0.0909. The van der Waals surface area contributed by atoms with Crippen molar-refractivity contribution >= 4 is 17.5 Å². The lowest BCUT2D eigenvalue weighted by Gasteiger charge is -2.02. The van der Waals surface area contributed by atoms with Crippen molar-refractivity contribution in [1.82, 2.24) is 4.37 Å². The molecule has 4 nitrogen and oxygen atoms in total. The van der Waals surface area contributed by atoms with E-state index in [2.05, 4.69) is 4.37 Å². The van der Waals surface area contributed by atoms with Crippen LogP contribution in [0.1, 0.15) is 10.4 Å². The van der Waals surface area contributed by atoms with E-state index in [1.807, 2.05) is 6.07 Å². The number of nitrogens with zero attached hydrogens (tertiary/aromatic N) is 1. The second-order valence-electron chi connectivity index (χ2n) is 3.11. The molecule has 1 aromatic carbocycles. The van der Waals surface area contributed by atoms with Crippen molar-refractivity contribution in [2.24, 2.45) is 0 Å². The molecule has 0 spiro atoms. The number of aromatic carboxylic acids is 1. The maximum atomic E-state index is 10.9. The fourth-order valence-corrected chi connectivity index (χ4v) is 2.05. The minimum atomic E-state index is -0.966. The summed E-state index contributed by atoms with van der Waals surface area (Å²) < 4.78 is 9.17. The number of ether oxygens (including phenoxy) is 1. The highest BCUT2D eigenvalue weighted by Crippen LogP contribution is 2.26. The van der Waals surface area contributed by atoms with Gasteiger partial charge in [0.2, 0.25) is 0 Å². The van der Waals surface area contributed by atoms with Gasteiger partial charge in [0.15, 0.2) is 0 Å². The smallest absolute Gasteiger partial charge is 0.338 e. The molecular weight excluding hydrogens is 226 g/mol. The van der Waals surface area contributed by atoms with E-state index < -0.39 is 5.97 Å². The molecule has 0 amide bonds. The Morgan fingerprint density at radius 3 is 3.00 bits per heavy atom. The summed E-state index contributed by atoms with van der Waals surface area (Å²) in [7, 11) is 1.57. The van der Waals surface area contributed by atoms with Gasteiger partial charge in [-0.15, -0.1) is 0 Å². The highest BCUT2D eigenvalue weighted by molar-refractivity contribution is 7.04. The zero-order chi connectivity index (χ0) is 11.5. The van der Waals surface area contributed by atoms with Crippen molar-refractivity contribution in [3.8, 4) is 17.0 Å². The Morgan fingerprint density at radius 1 is 1.50 bits per heavy atom. The normalized spacial score (nSPS) is 10.1. The van der Waals surface area contributed by atoms with Gasteiger partial charge in [0, 0.05) is 10.9 Å². The zero-order valence-electron chi connectivity index (χ0n) is 8.51. The van der Waals surface area contributed by atoms with Crippen molar-refractivity contribution in [3.05, 3.63) is 35.2 Å². The van der Waals surface area contributed by atoms with Crippen LogP contribution in [0.15, 0.2) is 29.6 Å². The van der Waals surface area contributed by atoms with Crippen LogP contribution in [0, 0.1) is 0 Å². The third kappa shape index (κ3) is 1.90. The van der Waals surface area contributed by atoms with Crippen molar-refractivity contribution in [2.75, 3.05) is 7.11 Å². The molecule has 0 radical (unpaired) electrons. The molecule has 0 saturated carbocycles. The Kier molecular flexibility index (Phi) is 2.87. The summed E-state index contributed by atoms with van der Waals surface area (Å²) in [6.07, 6.45) is 0. The van der Waals surface area contributed by atoms with Crippen LogP contribution in [-0.4, -0.2) is 22.6 Å². The summed E-state index contributed by atoms with van der Waals surface area (Å²) in [5, 5.41) is 10.5. The Balaban J connectivity index is 2.50. The lowest BCUT2D eigenvalue weighted by atomic mass is 10.1. The molecule has 1 N–H and O–H groups in total. The van der Waals surface area contributed by atoms with Gasteiger partial charge in [-0.25, -0.2) is 4.79 Å². The Hall–Kier alpha value is -1.88. The number of hydrogen-bond donors (Lipinski definition) is 1. The third-order valence-electron chi connectivity index (χ3n) is 2.14. The molecule has 5 heteroatoms. The van der Waals surface area contributed by atoms with Crippen molar-refractivity contribution in [2.45, 2.75) is 0 Å². The van der Waals surface area contributed by atoms with Crippen molar-refractivity contribution < 1.29 is 14.6 Å². The summed E-state index contributed by atoms with van der Waals surface area (Å²) in [6, 6.07) is 7.18. The first-order valence-electron chi connectivity index (χ1n) is 4.54. The van der Waals surface area contributed by atoms with Gasteiger partial charge in [-0.05, 0) is 23.7 Å². The molecule has 0 bridgehead atoms. The molecule has 0 unspecified atom stereocenters. The van der Waals surface area contributed by atoms with Crippen LogP contribution < -0.4 is 4.74 Å². The summed E-state index contributed by atoms with van der Waals surface area (Å²) in [5.74, 6) is -0.284. The van der Waals surface area contributed by atoms with E-state index in [4.69, 9.17) is 9.84 Å². The number of methoxy groups -OCH3 is 1. The lowest BCUT2D eigenvalue weighted by Crippen LogP contribution is -1.96. The molecule has 0 atom stereocenters. The first-order valence-corrected chi connectivity index (χ1v) is 5.38. The van der Waals surface area contributed by atoms with Crippen LogP contribution in [0.5, 0.6) is 5.75 Å². The van der Waals surface area contributed by atoms with E-state index in [0.29, 0.717) is 11.4 Å². The molecular formula is C11H9NO3S. The average molecular weight is 235 g/mol. The molecule has 0 aliphatic heterocycles. The maximum Gasteiger partial charge on any atom is 0.338 e. The summed E-state index contributed by atoms with van der Waals surface area (Å²) >= 11 is 1.13. The molecule has 16 heavy (non-hydrogen) atoms. The molecule has 82 valence electrons. The number of aromatic nitrogens is 1. The van der Waals surface area contributed by atoms with Crippen LogP contribution in [0.4, 0.5) is 0 Å². The fourth-order valence-electron chi connectivity index (χ4n) is 1.37. The van der Waals surface area contributed by atoms with E-state index in [-0.39, 0.29) is 5.56 Å². The van der Waals surface area contributed by atoms with Crippen LogP contribution in [0.2, 0.25) is 0 Å². The van der Waals surface area contributed by atoms with Crippen LogP contribution in [0.25, 0.3) is 11.3 Å². The highest BCUT2D eigenvalue weighted by atomic mass is 32.1. The molecule has 0 aliphatic rings. The monoisotopic (exact) mass is 235 g/mol. The average Bonchev–Trinajstić information content (AvgIpc) is 2.78. The minimum absolute atomic E-state index is 0.221. The van der Waals surface area contributed by atoms with E-state index in [0.717, 1.165) is 17.1 Å². The van der Waals surface area contributed by atoms with Gasteiger partial charge in [-0.3, -0.25) is 0 Å². The first kappa shape index (κ1) is 10.6. The largest absolute Gasteiger partial charge is 0.497 e. The standard InChI is InChI=1S/C11H9NO3S/c1-15-8-4-2-3-7(5-8)10-9(11(13)14)6-16-12-10/h2-6H,1H3,(H,13,14). The predicted octanol–water partition coefficient (Wildman–Crippen LogP) is 2.52. The van der Waals surface area contributed by atoms with Gasteiger partial charge in [0.1, 0.15) is 5.75 Å². The highest BCUT2D eigenvalue weighted by Gasteiger charge is 2.14. The Labute approximate surface area is 96.3 Å². The molecule has 0 fully saturated rings. The predicted molar refractivity (Wildman–Crippen MR) is 61.1 cm³/mol. The zero-order valence-corrected chi connectivity index (χ0v) is 9.32. The third-order valence-corrected chi connectivity index (χ3v) is 2.77. The van der Waals surface area contributed by atoms with Gasteiger partial charge < -0.3 is 9.84 Å². The van der Waals surface area contributed by atoms with Crippen LogP contribution in [0.3, 0.4) is 0 Å². The minimum Gasteiger partial charge on any atom is -0.497 e. The summed E-state index contributed by atoms with van der Waals surface area (Å²) in [6.45, 7) is 0. The van der Waals surface area contributed by atoms with E-state index in [9.17, 15) is 4.79 Å². The van der Waals surface area contributed by atoms with Gasteiger partial charge in [0.25, 0.3) is 0 Å². The van der Waals surface area contributed by atoms with Crippen molar-refractivity contribution in [1.29, 1.82) is 0 Å². The summed E-state index contributed by atoms with van der Waals surface area (Å²) in [5.41, 5.74) is 1.45. The van der Waals surface area contributed by atoms with Gasteiger partial charge >= 0.3 is 5.97 Å². The van der Waals surface area contributed by atoms with E-state index in [1.165, 1.54) is 5.38 Å². The number of carbonyl (C=O) groups is 1. The number of rotatable bonds is 3. The number of hydrogen-bond acceptors (Lipinski definition) is 4. The van der Waals surface area contributed by atoms with E-state index >= 15 is 0 Å². The number of carboxylic acid groups (broad SMARTS) is 1. The molecule has 0 aliphatic carbocycles. The SMILES string of the molecule is COc1cccc(-c2nscc2C(=O)O)c1. The molecule has 1 heterocycles. The van der Waals surface area contributed by atoms with Gasteiger partial charge in [-0.2, -0.15) is 4.37 Å². The Morgan fingerprint density at radius 2 is 2.31 bits per heavy atom. The molecule has 0 saturated heterocycles. The molecule has 2 rings (SSSR count). The topological polar surface area (TPSA) is 59.4 Å². The number of benzene rings is 1. The second-order valence-corrected chi connectivity index (χ2v) is 3.74. The quantitative estimate of drug-likeness (QED) is 0.888. The second kappa shape index (κ2) is 4.32. The first-order chi connectivity index (χ1) is 7.72. The maximum absolute atomic E-state index is 10.9. The lowest BCUT2D eigenvalue weighted by molar-refractivity contribution is 0.0698. The Bertz CT molecular complexity index is 521. The summed E-state index contributed by atoms with van der Waals surface area (Å²) in [4.78, 5) is 10.9. The van der Waals surface area contributed by atoms with Crippen LogP contribution in [-0.2, 0) is 0 Å². The van der Waals surface area contributed by atoms with Crippen molar-refractivity contribution in [3.63, 3.8) is 0 Å². The van der Waals surface area contributed by atoms with E-state index in [1.54, 1.807) is 25.3 Å². The molecule has 2 aromatic rings. The number of carboxylic acids is 1. The van der Waals surface area contributed by atoms with Crippen LogP contribution >= 0.6 is 11.5 Å². The van der Waals surface area contributed by atoms with Gasteiger partial charge in [0.05, 0.1) is 18.4 Å². The van der Waals surface area contributed by atoms with Gasteiger partial charge in [-0.1, -0.05) is 12.1 Å².